The Morgan fingerprint density at radius 1 is 0.905 bits per heavy atom. The number of benzene rings is 3. The molecule has 0 radical (unpaired) electrons. The van der Waals surface area contributed by atoms with Crippen molar-refractivity contribution in [1.82, 2.24) is 0 Å². The van der Waals surface area contributed by atoms with Crippen molar-refractivity contribution in [2.24, 2.45) is 0 Å². The third-order valence-electron chi connectivity index (χ3n) is 3.79. The molecule has 0 spiro atoms. The number of nitrogens with one attached hydrogen (secondary N) is 1. The lowest BCUT2D eigenvalue weighted by Gasteiger charge is -2.18. The summed E-state index contributed by atoms with van der Waals surface area (Å²) < 4.78 is 1.13. The molecule has 3 rings (SSSR count). The molecule has 1 unspecified atom stereocenters. The van der Waals surface area contributed by atoms with Crippen LogP contribution >= 0.6 is 15.9 Å². The van der Waals surface area contributed by atoms with Crippen LogP contribution in [0.15, 0.2) is 65.1 Å². The highest BCUT2D eigenvalue weighted by Crippen LogP contribution is 2.32. The van der Waals surface area contributed by atoms with Gasteiger partial charge in [-0.05, 0) is 36.9 Å². The molecule has 0 fully saturated rings. The summed E-state index contributed by atoms with van der Waals surface area (Å²) in [6.07, 6.45) is 0. The smallest absolute Gasteiger partial charge is 0.0485 e. The van der Waals surface area contributed by atoms with E-state index in [1.165, 1.54) is 27.6 Å². The van der Waals surface area contributed by atoms with Crippen LogP contribution in [-0.2, 0) is 0 Å². The predicted molar refractivity (Wildman–Crippen MR) is 94.9 cm³/mol. The van der Waals surface area contributed by atoms with Crippen LogP contribution in [0.2, 0.25) is 0 Å². The summed E-state index contributed by atoms with van der Waals surface area (Å²) >= 11 is 3.62. The Hall–Kier alpha value is -1.80. The minimum atomic E-state index is 0.273. The molecule has 106 valence electrons. The maximum atomic E-state index is 3.63. The van der Waals surface area contributed by atoms with Crippen LogP contribution in [0.25, 0.3) is 10.8 Å². The Bertz CT molecular complexity index is 779. The Balaban J connectivity index is 1.97. The highest BCUT2D eigenvalue weighted by atomic mass is 79.9. The van der Waals surface area contributed by atoms with Gasteiger partial charge in [0.25, 0.3) is 0 Å². The van der Waals surface area contributed by atoms with E-state index < -0.39 is 0 Å². The van der Waals surface area contributed by atoms with Gasteiger partial charge in [-0.25, -0.2) is 0 Å². The van der Waals surface area contributed by atoms with Crippen molar-refractivity contribution in [3.05, 3.63) is 76.3 Å². The van der Waals surface area contributed by atoms with E-state index in [-0.39, 0.29) is 6.04 Å². The normalized spacial score (nSPS) is 12.3. The molecule has 1 N–H and O–H groups in total. The molecule has 1 atom stereocenters. The van der Waals surface area contributed by atoms with E-state index in [0.29, 0.717) is 0 Å². The highest BCUT2D eigenvalue weighted by Gasteiger charge is 2.09. The number of anilines is 1. The Morgan fingerprint density at radius 3 is 2.43 bits per heavy atom. The predicted octanol–water partition coefficient (Wildman–Crippen LogP) is 6.08. The van der Waals surface area contributed by atoms with Crippen LogP contribution in [0.1, 0.15) is 24.1 Å². The fourth-order valence-electron chi connectivity index (χ4n) is 2.64. The third kappa shape index (κ3) is 2.96. The SMILES string of the molecule is Cc1cccc(C(C)Nc2ccc(Br)c3ccccc23)c1. The first-order valence-electron chi connectivity index (χ1n) is 7.15. The van der Waals surface area contributed by atoms with E-state index >= 15 is 0 Å². The summed E-state index contributed by atoms with van der Waals surface area (Å²) in [6.45, 7) is 4.33. The zero-order valence-corrected chi connectivity index (χ0v) is 13.8. The summed E-state index contributed by atoms with van der Waals surface area (Å²) in [6, 6.07) is 21.6. The zero-order chi connectivity index (χ0) is 14.8. The molecule has 0 saturated carbocycles. The molecular weight excluding hydrogens is 322 g/mol. The molecule has 0 aliphatic carbocycles. The van der Waals surface area contributed by atoms with Gasteiger partial charge in [0.15, 0.2) is 0 Å². The molecule has 3 aromatic carbocycles. The minimum absolute atomic E-state index is 0.273. The monoisotopic (exact) mass is 339 g/mol. The van der Waals surface area contributed by atoms with Gasteiger partial charge < -0.3 is 5.32 Å². The molecular formula is C19H18BrN. The minimum Gasteiger partial charge on any atom is -0.378 e. The number of hydrogen-bond donors (Lipinski definition) is 1. The molecule has 0 saturated heterocycles. The summed E-state index contributed by atoms with van der Waals surface area (Å²) in [7, 11) is 0. The lowest BCUT2D eigenvalue weighted by atomic mass is 10.0. The van der Waals surface area contributed by atoms with E-state index in [2.05, 4.69) is 95.8 Å². The van der Waals surface area contributed by atoms with E-state index in [1.54, 1.807) is 0 Å². The maximum Gasteiger partial charge on any atom is 0.0485 e. The summed E-state index contributed by atoms with van der Waals surface area (Å²) in [5.74, 6) is 0. The van der Waals surface area contributed by atoms with Gasteiger partial charge in [0.1, 0.15) is 0 Å². The molecule has 0 aliphatic heterocycles. The molecule has 2 heteroatoms. The first kappa shape index (κ1) is 14.2. The first-order chi connectivity index (χ1) is 10.1. The van der Waals surface area contributed by atoms with Crippen molar-refractivity contribution in [2.75, 3.05) is 5.32 Å². The van der Waals surface area contributed by atoms with Crippen LogP contribution in [0.3, 0.4) is 0 Å². The quantitative estimate of drug-likeness (QED) is 0.609. The first-order valence-corrected chi connectivity index (χ1v) is 7.95. The van der Waals surface area contributed by atoms with Gasteiger partial charge in [0, 0.05) is 21.6 Å². The van der Waals surface area contributed by atoms with Crippen molar-refractivity contribution in [1.29, 1.82) is 0 Å². The van der Waals surface area contributed by atoms with Gasteiger partial charge in [-0.15, -0.1) is 0 Å². The maximum absolute atomic E-state index is 3.63. The fraction of sp³-hybridized carbons (Fsp3) is 0.158. The highest BCUT2D eigenvalue weighted by molar-refractivity contribution is 9.10. The number of aryl methyl sites for hydroxylation is 1. The van der Waals surface area contributed by atoms with Gasteiger partial charge in [0.2, 0.25) is 0 Å². The molecule has 1 nitrogen and oxygen atoms in total. The fourth-order valence-corrected chi connectivity index (χ4v) is 3.12. The second-order valence-corrected chi connectivity index (χ2v) is 6.28. The van der Waals surface area contributed by atoms with Gasteiger partial charge in [-0.2, -0.15) is 0 Å². The van der Waals surface area contributed by atoms with E-state index in [1.807, 2.05) is 0 Å². The number of hydrogen-bond acceptors (Lipinski definition) is 1. The van der Waals surface area contributed by atoms with Crippen molar-refractivity contribution in [3.8, 4) is 0 Å². The van der Waals surface area contributed by atoms with Gasteiger partial charge in [-0.3, -0.25) is 0 Å². The van der Waals surface area contributed by atoms with Gasteiger partial charge >= 0.3 is 0 Å². The summed E-state index contributed by atoms with van der Waals surface area (Å²) in [5, 5.41) is 6.11. The van der Waals surface area contributed by atoms with Crippen molar-refractivity contribution in [3.63, 3.8) is 0 Å². The summed E-state index contributed by atoms with van der Waals surface area (Å²) in [4.78, 5) is 0. The van der Waals surface area contributed by atoms with E-state index in [4.69, 9.17) is 0 Å². The van der Waals surface area contributed by atoms with Gasteiger partial charge in [-0.1, -0.05) is 70.0 Å². The average Bonchev–Trinajstić information content (AvgIpc) is 2.50. The molecule has 0 aromatic heterocycles. The van der Waals surface area contributed by atoms with Crippen LogP contribution in [-0.4, -0.2) is 0 Å². The van der Waals surface area contributed by atoms with E-state index in [0.717, 1.165) is 4.47 Å². The third-order valence-corrected chi connectivity index (χ3v) is 4.48. The number of rotatable bonds is 3. The Labute approximate surface area is 134 Å². The van der Waals surface area contributed by atoms with Crippen molar-refractivity contribution < 1.29 is 0 Å². The molecule has 0 heterocycles. The number of halogens is 1. The molecule has 0 bridgehead atoms. The molecule has 0 amide bonds. The Kier molecular flexibility index (Phi) is 3.98. The second kappa shape index (κ2) is 5.90. The Morgan fingerprint density at radius 2 is 1.67 bits per heavy atom. The average molecular weight is 340 g/mol. The molecule has 3 aromatic rings. The number of fused-ring (bicyclic) bond motifs is 1. The lowest BCUT2D eigenvalue weighted by Crippen LogP contribution is -2.07. The van der Waals surface area contributed by atoms with Crippen molar-refractivity contribution >= 4 is 32.4 Å². The standard InChI is InChI=1S/C19H18BrN/c1-13-6-5-7-15(12-13)14(2)21-19-11-10-18(20)16-8-3-4-9-17(16)19/h3-12,14,21H,1-2H3. The van der Waals surface area contributed by atoms with Crippen LogP contribution in [0.5, 0.6) is 0 Å². The van der Waals surface area contributed by atoms with Crippen LogP contribution < -0.4 is 5.32 Å². The van der Waals surface area contributed by atoms with Crippen LogP contribution in [0, 0.1) is 6.92 Å². The summed E-state index contributed by atoms with van der Waals surface area (Å²) in [5.41, 5.74) is 3.77. The second-order valence-electron chi connectivity index (χ2n) is 5.42. The van der Waals surface area contributed by atoms with Crippen molar-refractivity contribution in [2.45, 2.75) is 19.9 Å². The zero-order valence-electron chi connectivity index (χ0n) is 12.2. The molecule has 0 aliphatic rings. The van der Waals surface area contributed by atoms with Crippen LogP contribution in [0.4, 0.5) is 5.69 Å². The molecule has 21 heavy (non-hydrogen) atoms. The van der Waals surface area contributed by atoms with E-state index in [9.17, 15) is 0 Å². The largest absolute Gasteiger partial charge is 0.378 e. The lowest BCUT2D eigenvalue weighted by molar-refractivity contribution is 0.885. The topological polar surface area (TPSA) is 12.0 Å². The van der Waals surface area contributed by atoms with Gasteiger partial charge in [0.05, 0.1) is 0 Å².